The zero-order valence-corrected chi connectivity index (χ0v) is 11.5. The Kier molecular flexibility index (Phi) is 5.13. The fourth-order valence-electron chi connectivity index (χ4n) is 1.22. The number of ether oxygens (including phenoxy) is 2. The Morgan fingerprint density at radius 3 is 1.35 bits per heavy atom. The molecule has 1 N–H and O–H groups in total. The van der Waals surface area contributed by atoms with Gasteiger partial charge in [0, 0.05) is 0 Å². The van der Waals surface area contributed by atoms with Crippen molar-refractivity contribution in [3.63, 3.8) is 0 Å². The van der Waals surface area contributed by atoms with E-state index in [9.17, 15) is 59.1 Å². The number of non-ortho nitro benzene ring substituents is 1. The lowest BCUT2D eigenvalue weighted by Gasteiger charge is -2.23. The van der Waals surface area contributed by atoms with Gasteiger partial charge in [-0.25, -0.2) is 0 Å². The van der Waals surface area contributed by atoms with Gasteiger partial charge in [0.2, 0.25) is 5.75 Å². The number of nitrogens with zero attached hydrogens (tertiary/aromatic N) is 1. The third-order valence-electron chi connectivity index (χ3n) is 2.37. The zero-order chi connectivity index (χ0) is 20.7. The van der Waals surface area contributed by atoms with Crippen molar-refractivity contribution in [2.45, 2.75) is 24.6 Å². The van der Waals surface area contributed by atoms with Crippen LogP contribution in [-0.4, -0.2) is 34.6 Å². The first-order valence-electron chi connectivity index (χ1n) is 5.67. The van der Waals surface area contributed by atoms with Crippen LogP contribution in [0.25, 0.3) is 0 Å². The number of hydrogen-bond acceptors (Lipinski definition) is 5. The maximum Gasteiger partial charge on any atom is 0.499 e. The van der Waals surface area contributed by atoms with E-state index in [0.29, 0.717) is 0 Å². The molecule has 16 heteroatoms. The molecule has 6 nitrogen and oxygen atoms in total. The normalized spacial score (nSPS) is 13.5. The van der Waals surface area contributed by atoms with Gasteiger partial charge in [0.25, 0.3) is 5.69 Å². The molecule has 0 fully saturated rings. The highest BCUT2D eigenvalue weighted by molar-refractivity contribution is 5.57. The molecule has 0 atom stereocenters. The molecule has 0 heterocycles. The highest BCUT2D eigenvalue weighted by Gasteiger charge is 2.63. The summed E-state index contributed by atoms with van der Waals surface area (Å²) in [6, 6.07) is -0.541. The molecule has 1 aromatic carbocycles. The summed E-state index contributed by atoms with van der Waals surface area (Å²) in [4.78, 5) is 8.96. The van der Waals surface area contributed by atoms with E-state index in [1.54, 1.807) is 0 Å². The number of phenols is 1. The smallest absolute Gasteiger partial charge is 0.499 e. The van der Waals surface area contributed by atoms with Crippen LogP contribution in [0.15, 0.2) is 12.1 Å². The summed E-state index contributed by atoms with van der Waals surface area (Å²) < 4.78 is 129. The number of nitro benzene ring substituents is 1. The molecule has 148 valence electrons. The van der Waals surface area contributed by atoms with Crippen LogP contribution in [0.3, 0.4) is 0 Å². The Labute approximate surface area is 134 Å². The number of aromatic hydroxyl groups is 1. The van der Waals surface area contributed by atoms with E-state index in [2.05, 4.69) is 9.47 Å². The molecule has 0 saturated heterocycles. The molecule has 0 amide bonds. The predicted octanol–water partition coefficient (Wildman–Crippen LogP) is 4.37. The van der Waals surface area contributed by atoms with E-state index in [-0.39, 0.29) is 12.1 Å². The minimum absolute atomic E-state index is 0.270. The van der Waals surface area contributed by atoms with E-state index in [4.69, 9.17) is 0 Å². The summed E-state index contributed by atoms with van der Waals surface area (Å²) in [5, 5.41) is 19.8. The Morgan fingerprint density at radius 1 is 0.808 bits per heavy atom. The van der Waals surface area contributed by atoms with Gasteiger partial charge in [0.15, 0.2) is 11.5 Å². The third-order valence-corrected chi connectivity index (χ3v) is 2.37. The summed E-state index contributed by atoms with van der Waals surface area (Å²) >= 11 is 0. The number of hydrogen-bond donors (Lipinski definition) is 1. The van der Waals surface area contributed by atoms with Gasteiger partial charge in [-0.15, -0.1) is 0 Å². The topological polar surface area (TPSA) is 81.8 Å². The zero-order valence-electron chi connectivity index (χ0n) is 11.5. The van der Waals surface area contributed by atoms with Crippen molar-refractivity contribution in [3.8, 4) is 17.2 Å². The number of halogens is 10. The lowest BCUT2D eigenvalue weighted by molar-refractivity contribution is -0.386. The Hall–Kier alpha value is -2.68. The highest BCUT2D eigenvalue weighted by Crippen LogP contribution is 2.48. The molecule has 26 heavy (non-hydrogen) atoms. The number of rotatable bonds is 5. The van der Waals surface area contributed by atoms with Crippen molar-refractivity contribution in [1.29, 1.82) is 0 Å². The molecular formula is C10H3F10NO5. The summed E-state index contributed by atoms with van der Waals surface area (Å²) in [5.41, 5.74) is -1.59. The predicted molar refractivity (Wildman–Crippen MR) is 58.0 cm³/mol. The van der Waals surface area contributed by atoms with E-state index in [0.717, 1.165) is 0 Å². The van der Waals surface area contributed by atoms with Crippen molar-refractivity contribution in [3.05, 3.63) is 22.2 Å². The van der Waals surface area contributed by atoms with E-state index in [1.165, 1.54) is 0 Å². The second-order valence-corrected chi connectivity index (χ2v) is 4.28. The molecule has 0 aliphatic carbocycles. The van der Waals surface area contributed by atoms with Crippen molar-refractivity contribution in [1.82, 2.24) is 0 Å². The lowest BCUT2D eigenvalue weighted by Crippen LogP contribution is -2.42. The van der Waals surface area contributed by atoms with Crippen LogP contribution >= 0.6 is 0 Å². The highest BCUT2D eigenvalue weighted by atomic mass is 19.4. The van der Waals surface area contributed by atoms with Crippen molar-refractivity contribution < 1.29 is 63.4 Å². The van der Waals surface area contributed by atoms with Crippen LogP contribution in [0.5, 0.6) is 17.2 Å². The molecule has 0 aliphatic rings. The molecule has 1 rings (SSSR count). The summed E-state index contributed by atoms with van der Waals surface area (Å²) in [5.74, 6) is -6.45. The van der Waals surface area contributed by atoms with Gasteiger partial charge in [-0.3, -0.25) is 10.1 Å². The van der Waals surface area contributed by atoms with Crippen LogP contribution in [0.2, 0.25) is 0 Å². The SMILES string of the molecule is O=[N+]([O-])c1cc(OC(F)(F)C(F)(F)F)c(O)c(OC(F)(F)C(F)(F)F)c1. The summed E-state index contributed by atoms with van der Waals surface area (Å²) in [6.07, 6.45) is -25.0. The van der Waals surface area contributed by atoms with Gasteiger partial charge < -0.3 is 14.6 Å². The number of alkyl halides is 10. The minimum Gasteiger partial charge on any atom is -0.502 e. The first-order chi connectivity index (χ1) is 11.4. The summed E-state index contributed by atoms with van der Waals surface area (Å²) in [7, 11) is 0. The monoisotopic (exact) mass is 407 g/mol. The van der Waals surface area contributed by atoms with Crippen molar-refractivity contribution in [2.24, 2.45) is 0 Å². The fourth-order valence-corrected chi connectivity index (χ4v) is 1.22. The Morgan fingerprint density at radius 2 is 1.12 bits per heavy atom. The second-order valence-electron chi connectivity index (χ2n) is 4.28. The molecule has 0 unspecified atom stereocenters. The first-order valence-corrected chi connectivity index (χ1v) is 5.67. The molecule has 0 radical (unpaired) electrons. The van der Waals surface area contributed by atoms with Gasteiger partial charge in [0.1, 0.15) is 0 Å². The maximum absolute atomic E-state index is 12.8. The van der Waals surface area contributed by atoms with E-state index < -0.39 is 52.4 Å². The van der Waals surface area contributed by atoms with Crippen molar-refractivity contribution in [2.75, 3.05) is 0 Å². The second kappa shape index (κ2) is 6.24. The first kappa shape index (κ1) is 21.4. The molecule has 1 aromatic rings. The molecular weight excluding hydrogens is 404 g/mol. The van der Waals surface area contributed by atoms with Crippen LogP contribution in [-0.2, 0) is 0 Å². The molecule has 0 saturated carbocycles. The number of phenolic OH excluding ortho intramolecular Hbond substituents is 1. The minimum atomic E-state index is -6.42. The van der Waals surface area contributed by atoms with Crippen LogP contribution in [0.1, 0.15) is 0 Å². The number of nitro groups is 1. The van der Waals surface area contributed by atoms with Gasteiger partial charge >= 0.3 is 24.6 Å². The maximum atomic E-state index is 12.8. The third kappa shape index (κ3) is 4.29. The Balaban J connectivity index is 3.46. The van der Waals surface area contributed by atoms with Gasteiger partial charge in [-0.2, -0.15) is 43.9 Å². The fraction of sp³-hybridized carbons (Fsp3) is 0.400. The van der Waals surface area contributed by atoms with Crippen LogP contribution in [0.4, 0.5) is 49.6 Å². The largest absolute Gasteiger partial charge is 0.502 e. The Bertz CT molecular complexity index is 649. The number of benzene rings is 1. The molecule has 0 bridgehead atoms. The van der Waals surface area contributed by atoms with Gasteiger partial charge in [-0.1, -0.05) is 0 Å². The van der Waals surface area contributed by atoms with Crippen LogP contribution in [0, 0.1) is 10.1 Å². The molecule has 0 aliphatic heterocycles. The molecule has 0 spiro atoms. The summed E-state index contributed by atoms with van der Waals surface area (Å²) in [6.45, 7) is 0. The average Bonchev–Trinajstić information content (AvgIpc) is 2.39. The van der Waals surface area contributed by atoms with Gasteiger partial charge in [-0.05, 0) is 0 Å². The lowest BCUT2D eigenvalue weighted by atomic mass is 10.2. The average molecular weight is 407 g/mol. The van der Waals surface area contributed by atoms with E-state index in [1.807, 2.05) is 0 Å². The quantitative estimate of drug-likeness (QED) is 0.446. The standard InChI is InChI=1S/C10H3F10NO5/c11-7(12,13)9(17,18)25-4-1-3(21(23)24)2-5(6(4)22)26-10(19,20)8(14,15)16/h1-2,22H. The van der Waals surface area contributed by atoms with Crippen molar-refractivity contribution >= 4 is 5.69 Å². The molecule has 0 aromatic heterocycles. The van der Waals surface area contributed by atoms with Gasteiger partial charge in [0.05, 0.1) is 17.1 Å². The van der Waals surface area contributed by atoms with Crippen LogP contribution < -0.4 is 9.47 Å². The van der Waals surface area contributed by atoms with E-state index >= 15 is 0 Å².